The van der Waals surface area contributed by atoms with Crippen LogP contribution in [0.4, 0.5) is 0 Å². The van der Waals surface area contributed by atoms with Crippen LogP contribution >= 0.6 is 0 Å². The van der Waals surface area contributed by atoms with Crippen molar-refractivity contribution >= 4 is 5.71 Å². The van der Waals surface area contributed by atoms with Crippen molar-refractivity contribution in [2.75, 3.05) is 0 Å². The fraction of sp³-hybridized carbons (Fsp3) is 0.667. The number of hydrogen-bond acceptors (Lipinski definition) is 1. The molecule has 0 radical (unpaired) electrons. The molecule has 1 rings (SSSR count). The van der Waals surface area contributed by atoms with E-state index in [4.69, 9.17) is 5.41 Å². The van der Waals surface area contributed by atoms with E-state index in [2.05, 4.69) is 18.8 Å². The van der Waals surface area contributed by atoms with Crippen molar-refractivity contribution in [2.45, 2.75) is 32.6 Å². The second-order valence-electron chi connectivity index (χ2n) is 2.75. The summed E-state index contributed by atoms with van der Waals surface area (Å²) in [5.41, 5.74) is 0.809. The molecule has 1 aliphatic carbocycles. The van der Waals surface area contributed by atoms with E-state index in [1.807, 2.05) is 0 Å². The van der Waals surface area contributed by atoms with Crippen LogP contribution in [0.5, 0.6) is 0 Å². The molecule has 0 aromatic carbocycles. The maximum absolute atomic E-state index is 7.39. The summed E-state index contributed by atoms with van der Waals surface area (Å²) in [7, 11) is 0. The van der Waals surface area contributed by atoms with Gasteiger partial charge in [0, 0.05) is 18.1 Å². The Morgan fingerprint density at radius 3 is 3.20 bits per heavy atom. The van der Waals surface area contributed by atoms with Gasteiger partial charge in [0.2, 0.25) is 0 Å². The van der Waals surface area contributed by atoms with Crippen molar-refractivity contribution in [3.63, 3.8) is 0 Å². The van der Waals surface area contributed by atoms with Gasteiger partial charge in [-0.2, -0.15) is 0 Å². The number of hydrogen-bond donors (Lipinski definition) is 1. The molecule has 0 saturated heterocycles. The van der Waals surface area contributed by atoms with Crippen LogP contribution in [0, 0.1) is 23.2 Å². The van der Waals surface area contributed by atoms with Crippen LogP contribution in [0.3, 0.4) is 0 Å². The topological polar surface area (TPSA) is 23.9 Å². The van der Waals surface area contributed by atoms with Crippen molar-refractivity contribution in [3.05, 3.63) is 0 Å². The van der Waals surface area contributed by atoms with Crippen LogP contribution < -0.4 is 0 Å². The minimum absolute atomic E-state index is 0.558. The molecule has 0 fully saturated rings. The predicted molar refractivity (Wildman–Crippen MR) is 43.1 cm³/mol. The fourth-order valence-electron chi connectivity index (χ4n) is 1.12. The van der Waals surface area contributed by atoms with Gasteiger partial charge in [-0.25, -0.2) is 0 Å². The van der Waals surface area contributed by atoms with Crippen molar-refractivity contribution in [1.82, 2.24) is 0 Å². The highest BCUT2D eigenvalue weighted by Gasteiger charge is 2.06. The van der Waals surface area contributed by atoms with Gasteiger partial charge in [-0.05, 0) is 19.3 Å². The lowest BCUT2D eigenvalue weighted by Gasteiger charge is -2.03. The summed E-state index contributed by atoms with van der Waals surface area (Å²) in [6.07, 6.45) is 3.89. The van der Waals surface area contributed by atoms with Gasteiger partial charge in [-0.15, -0.1) is 0 Å². The van der Waals surface area contributed by atoms with Crippen molar-refractivity contribution in [3.8, 4) is 11.8 Å². The van der Waals surface area contributed by atoms with E-state index < -0.39 is 0 Å². The van der Waals surface area contributed by atoms with Crippen LogP contribution in [-0.4, -0.2) is 5.71 Å². The molecule has 0 amide bonds. The summed E-state index contributed by atoms with van der Waals surface area (Å²) in [5, 5.41) is 7.39. The first-order valence-electron chi connectivity index (χ1n) is 3.87. The van der Waals surface area contributed by atoms with Crippen LogP contribution in [0.25, 0.3) is 0 Å². The zero-order valence-electron chi connectivity index (χ0n) is 6.41. The maximum atomic E-state index is 7.39. The molecule has 1 unspecified atom stereocenters. The molecule has 1 nitrogen and oxygen atoms in total. The van der Waals surface area contributed by atoms with Crippen LogP contribution in [-0.2, 0) is 0 Å². The second-order valence-corrected chi connectivity index (χ2v) is 2.75. The highest BCUT2D eigenvalue weighted by molar-refractivity contribution is 5.83. The second kappa shape index (κ2) is 3.41. The summed E-state index contributed by atoms with van der Waals surface area (Å²) >= 11 is 0. The summed E-state index contributed by atoms with van der Waals surface area (Å²) in [5.74, 6) is 6.75. The van der Waals surface area contributed by atoms with Gasteiger partial charge < -0.3 is 5.41 Å². The van der Waals surface area contributed by atoms with Crippen molar-refractivity contribution in [1.29, 1.82) is 5.41 Å². The Kier molecular flexibility index (Phi) is 2.50. The Morgan fingerprint density at radius 1 is 1.70 bits per heavy atom. The van der Waals surface area contributed by atoms with E-state index in [9.17, 15) is 0 Å². The third kappa shape index (κ3) is 1.88. The molecular weight excluding hydrogens is 122 g/mol. The summed E-state index contributed by atoms with van der Waals surface area (Å²) in [6, 6.07) is 0. The van der Waals surface area contributed by atoms with Gasteiger partial charge in [-0.3, -0.25) is 0 Å². The number of rotatable bonds is 1. The van der Waals surface area contributed by atoms with Gasteiger partial charge in [0.1, 0.15) is 0 Å². The SMILES string of the molecule is CCC1C#CCC(=N)CC1. The molecule has 0 saturated carbocycles. The smallest absolute Gasteiger partial charge is 0.0467 e. The predicted octanol–water partition coefficient (Wildman–Crippen LogP) is 2.22. The lowest BCUT2D eigenvalue weighted by atomic mass is 10.0. The molecule has 1 atom stereocenters. The van der Waals surface area contributed by atoms with E-state index in [1.165, 1.54) is 0 Å². The zero-order chi connectivity index (χ0) is 7.40. The van der Waals surface area contributed by atoms with Gasteiger partial charge in [-0.1, -0.05) is 18.8 Å². The van der Waals surface area contributed by atoms with E-state index in [0.717, 1.165) is 25.0 Å². The Labute approximate surface area is 62.3 Å². The van der Waals surface area contributed by atoms with Gasteiger partial charge in [0.25, 0.3) is 0 Å². The molecule has 10 heavy (non-hydrogen) atoms. The summed E-state index contributed by atoms with van der Waals surface area (Å²) in [4.78, 5) is 0. The quantitative estimate of drug-likeness (QED) is 0.533. The van der Waals surface area contributed by atoms with Gasteiger partial charge in [0.15, 0.2) is 0 Å². The molecule has 1 heteroatoms. The molecule has 1 aliphatic rings. The zero-order valence-corrected chi connectivity index (χ0v) is 6.41. The molecule has 1 N–H and O–H groups in total. The van der Waals surface area contributed by atoms with Crippen molar-refractivity contribution in [2.24, 2.45) is 5.92 Å². The molecular formula is C9H13N. The highest BCUT2D eigenvalue weighted by Crippen LogP contribution is 2.13. The molecule has 54 valence electrons. The van der Waals surface area contributed by atoms with Gasteiger partial charge >= 0.3 is 0 Å². The summed E-state index contributed by atoms with van der Waals surface area (Å²) < 4.78 is 0. The summed E-state index contributed by atoms with van der Waals surface area (Å²) in [6.45, 7) is 2.16. The van der Waals surface area contributed by atoms with Crippen LogP contribution in [0.1, 0.15) is 32.6 Å². The normalized spacial score (nSPS) is 24.9. The molecule has 0 aliphatic heterocycles. The Bertz CT molecular complexity index is 183. The Morgan fingerprint density at radius 2 is 2.50 bits per heavy atom. The molecule has 0 aromatic rings. The van der Waals surface area contributed by atoms with Crippen molar-refractivity contribution < 1.29 is 0 Å². The van der Waals surface area contributed by atoms with E-state index in [0.29, 0.717) is 12.3 Å². The van der Waals surface area contributed by atoms with Gasteiger partial charge in [0.05, 0.1) is 0 Å². The monoisotopic (exact) mass is 135 g/mol. The third-order valence-corrected chi connectivity index (χ3v) is 1.90. The number of nitrogens with one attached hydrogen (secondary N) is 1. The average Bonchev–Trinajstić information content (AvgIpc) is 2.14. The maximum Gasteiger partial charge on any atom is 0.0467 e. The van der Waals surface area contributed by atoms with E-state index in [1.54, 1.807) is 0 Å². The Hall–Kier alpha value is -0.770. The first kappa shape index (κ1) is 7.34. The fourth-order valence-corrected chi connectivity index (χ4v) is 1.12. The Balaban J connectivity index is 2.50. The molecule has 0 aromatic heterocycles. The minimum Gasteiger partial charge on any atom is -0.309 e. The third-order valence-electron chi connectivity index (χ3n) is 1.90. The van der Waals surface area contributed by atoms with Crippen LogP contribution in [0.15, 0.2) is 0 Å². The first-order valence-corrected chi connectivity index (χ1v) is 3.87. The molecule has 0 spiro atoms. The highest BCUT2D eigenvalue weighted by atomic mass is 14.4. The van der Waals surface area contributed by atoms with Crippen LogP contribution in [0.2, 0.25) is 0 Å². The lowest BCUT2D eigenvalue weighted by molar-refractivity contribution is 0.608. The lowest BCUT2D eigenvalue weighted by Crippen LogP contribution is -1.97. The molecule has 0 bridgehead atoms. The largest absolute Gasteiger partial charge is 0.309 e. The standard InChI is InChI=1S/C9H13N/c1-2-8-4-3-5-9(10)7-6-8/h8,10H,2,5-7H2,1H3. The minimum atomic E-state index is 0.558. The van der Waals surface area contributed by atoms with E-state index >= 15 is 0 Å². The van der Waals surface area contributed by atoms with E-state index in [-0.39, 0.29) is 0 Å². The average molecular weight is 135 g/mol. The molecule has 0 heterocycles. The first-order chi connectivity index (χ1) is 4.83.